The fourth-order valence-electron chi connectivity index (χ4n) is 1.14. The lowest BCUT2D eigenvalue weighted by atomic mass is 10.1. The van der Waals surface area contributed by atoms with Crippen molar-refractivity contribution in [2.75, 3.05) is 5.73 Å². The summed E-state index contributed by atoms with van der Waals surface area (Å²) in [7, 11) is 0. The molecule has 2 N–H and O–H groups in total. The maximum Gasteiger partial charge on any atom is 0.0320 e. The molecule has 0 spiro atoms. The van der Waals surface area contributed by atoms with Gasteiger partial charge in [-0.05, 0) is 29.0 Å². The molecule has 0 aliphatic rings. The molecule has 0 saturated carbocycles. The maximum absolute atomic E-state index is 5.61. The first kappa shape index (κ1) is 6.23. The third-order valence-electron chi connectivity index (χ3n) is 1.69. The van der Waals surface area contributed by atoms with E-state index in [-0.39, 0.29) is 0 Å². The smallest absolute Gasteiger partial charge is 0.0320 e. The van der Waals surface area contributed by atoms with Crippen LogP contribution in [0.3, 0.4) is 0 Å². The van der Waals surface area contributed by atoms with Crippen LogP contribution < -0.4 is 5.73 Å². The molecule has 0 aliphatic carbocycles. The molecule has 2 aromatic rings. The third-order valence-corrected chi connectivity index (χ3v) is 1.69. The van der Waals surface area contributed by atoms with Gasteiger partial charge in [0.15, 0.2) is 0 Å². The molecule has 11 heavy (non-hydrogen) atoms. The number of nitrogens with two attached hydrogens (primary N) is 1. The van der Waals surface area contributed by atoms with Crippen molar-refractivity contribution in [2.24, 2.45) is 0 Å². The summed E-state index contributed by atoms with van der Waals surface area (Å²) in [5, 5.41) is 2.26. The van der Waals surface area contributed by atoms with Gasteiger partial charge >= 0.3 is 0 Å². The Labute approximate surface area is 65.5 Å². The molecule has 0 heterocycles. The molecule has 1 nitrogen and oxygen atoms in total. The summed E-state index contributed by atoms with van der Waals surface area (Å²) in [4.78, 5) is 0. The Bertz CT molecular complexity index is 379. The van der Waals surface area contributed by atoms with E-state index in [1.54, 1.807) is 0 Å². The van der Waals surface area contributed by atoms with Crippen LogP contribution >= 0.6 is 0 Å². The second kappa shape index (κ2) is 2.27. The second-order valence-electron chi connectivity index (χ2n) is 2.52. The number of benzene rings is 2. The van der Waals surface area contributed by atoms with Crippen LogP contribution in [0.5, 0.6) is 0 Å². The molecule has 0 aliphatic heterocycles. The molecular formula is C10H8N. The molecule has 1 radical (unpaired) electrons. The van der Waals surface area contributed by atoms with Gasteiger partial charge in [-0.1, -0.05) is 24.3 Å². The summed E-state index contributed by atoms with van der Waals surface area (Å²) in [5.74, 6) is 0. The lowest BCUT2D eigenvalue weighted by molar-refractivity contribution is 1.72. The van der Waals surface area contributed by atoms with Crippen LogP contribution in [0.15, 0.2) is 36.4 Å². The normalized spacial score (nSPS) is 10.2. The van der Waals surface area contributed by atoms with E-state index in [9.17, 15) is 0 Å². The quantitative estimate of drug-likeness (QED) is 0.561. The van der Waals surface area contributed by atoms with Crippen LogP contribution in [0.25, 0.3) is 10.8 Å². The minimum Gasteiger partial charge on any atom is -0.399 e. The standard InChI is InChI=1S/C10H8N/c11-10-6-5-8-3-1-2-4-9(8)7-10/h1-2,4-7H,11H2. The number of nitrogen functional groups attached to an aromatic ring is 1. The van der Waals surface area contributed by atoms with Crippen LogP contribution in [0.2, 0.25) is 0 Å². The van der Waals surface area contributed by atoms with Crippen molar-refractivity contribution in [1.82, 2.24) is 0 Å². The van der Waals surface area contributed by atoms with Crippen molar-refractivity contribution in [1.29, 1.82) is 0 Å². The Kier molecular flexibility index (Phi) is 1.29. The Morgan fingerprint density at radius 3 is 3.00 bits per heavy atom. The monoisotopic (exact) mass is 142 g/mol. The van der Waals surface area contributed by atoms with Gasteiger partial charge in [-0.25, -0.2) is 0 Å². The molecule has 2 rings (SSSR count). The minimum absolute atomic E-state index is 0.803. The Morgan fingerprint density at radius 1 is 1.18 bits per heavy atom. The van der Waals surface area contributed by atoms with Gasteiger partial charge < -0.3 is 5.73 Å². The fourth-order valence-corrected chi connectivity index (χ4v) is 1.14. The highest BCUT2D eigenvalue weighted by Gasteiger charge is 1.90. The minimum atomic E-state index is 0.803. The van der Waals surface area contributed by atoms with Crippen molar-refractivity contribution in [3.05, 3.63) is 42.5 Å². The average Bonchev–Trinajstić information content (AvgIpc) is 2.04. The van der Waals surface area contributed by atoms with Gasteiger partial charge in [0.25, 0.3) is 0 Å². The number of anilines is 1. The highest BCUT2D eigenvalue weighted by atomic mass is 14.5. The highest BCUT2D eigenvalue weighted by molar-refractivity contribution is 5.84. The molecule has 0 unspecified atom stereocenters. The van der Waals surface area contributed by atoms with Crippen molar-refractivity contribution in [3.8, 4) is 0 Å². The van der Waals surface area contributed by atoms with Crippen LogP contribution in [-0.2, 0) is 0 Å². The van der Waals surface area contributed by atoms with E-state index in [0.717, 1.165) is 16.5 Å². The second-order valence-corrected chi connectivity index (χ2v) is 2.52. The van der Waals surface area contributed by atoms with Crippen molar-refractivity contribution < 1.29 is 0 Å². The summed E-state index contributed by atoms with van der Waals surface area (Å²) >= 11 is 0. The summed E-state index contributed by atoms with van der Waals surface area (Å²) in [6.07, 6.45) is 0. The lowest BCUT2D eigenvalue weighted by Crippen LogP contribution is -1.82. The number of rotatable bonds is 0. The molecule has 0 atom stereocenters. The number of hydrogen-bond acceptors (Lipinski definition) is 1. The molecule has 0 amide bonds. The molecular weight excluding hydrogens is 134 g/mol. The molecule has 0 bridgehead atoms. The number of hydrogen-bond donors (Lipinski definition) is 1. The zero-order chi connectivity index (χ0) is 7.68. The SMILES string of the molecule is Nc1ccc2[c]cccc2c1. The molecule has 53 valence electrons. The topological polar surface area (TPSA) is 26.0 Å². The van der Waals surface area contributed by atoms with E-state index >= 15 is 0 Å². The lowest BCUT2D eigenvalue weighted by Gasteiger charge is -1.96. The van der Waals surface area contributed by atoms with E-state index in [1.165, 1.54) is 0 Å². The van der Waals surface area contributed by atoms with Crippen LogP contribution in [0, 0.1) is 6.07 Å². The highest BCUT2D eigenvalue weighted by Crippen LogP contribution is 2.15. The Balaban J connectivity index is 2.83. The van der Waals surface area contributed by atoms with Crippen LogP contribution in [0.1, 0.15) is 0 Å². The third kappa shape index (κ3) is 1.05. The predicted octanol–water partition coefficient (Wildman–Crippen LogP) is 2.22. The van der Waals surface area contributed by atoms with Gasteiger partial charge in [0.05, 0.1) is 0 Å². The summed E-state index contributed by atoms with van der Waals surface area (Å²) in [6.45, 7) is 0. The largest absolute Gasteiger partial charge is 0.399 e. The molecule has 0 fully saturated rings. The zero-order valence-electron chi connectivity index (χ0n) is 6.04. The van der Waals surface area contributed by atoms with E-state index in [1.807, 2.05) is 36.4 Å². The van der Waals surface area contributed by atoms with E-state index in [0.29, 0.717) is 0 Å². The zero-order valence-corrected chi connectivity index (χ0v) is 6.04. The van der Waals surface area contributed by atoms with E-state index in [4.69, 9.17) is 5.73 Å². The van der Waals surface area contributed by atoms with Crippen molar-refractivity contribution in [2.45, 2.75) is 0 Å². The van der Waals surface area contributed by atoms with Crippen LogP contribution in [0.4, 0.5) is 5.69 Å². The van der Waals surface area contributed by atoms with Gasteiger partial charge in [-0.15, -0.1) is 0 Å². The Morgan fingerprint density at radius 2 is 2.09 bits per heavy atom. The molecule has 0 saturated heterocycles. The van der Waals surface area contributed by atoms with Crippen molar-refractivity contribution >= 4 is 16.5 Å². The first-order valence-electron chi connectivity index (χ1n) is 3.52. The van der Waals surface area contributed by atoms with E-state index < -0.39 is 0 Å². The van der Waals surface area contributed by atoms with Gasteiger partial charge in [0.2, 0.25) is 0 Å². The van der Waals surface area contributed by atoms with Gasteiger partial charge in [-0.2, -0.15) is 0 Å². The summed E-state index contributed by atoms with van der Waals surface area (Å²) in [6, 6.07) is 14.8. The van der Waals surface area contributed by atoms with Crippen molar-refractivity contribution in [3.63, 3.8) is 0 Å². The van der Waals surface area contributed by atoms with Gasteiger partial charge in [0, 0.05) is 5.69 Å². The van der Waals surface area contributed by atoms with Crippen LogP contribution in [-0.4, -0.2) is 0 Å². The van der Waals surface area contributed by atoms with Gasteiger partial charge in [-0.3, -0.25) is 0 Å². The molecule has 2 aromatic carbocycles. The molecule has 1 heteroatoms. The Hall–Kier alpha value is -1.50. The molecule has 0 aromatic heterocycles. The summed E-state index contributed by atoms with van der Waals surface area (Å²) < 4.78 is 0. The van der Waals surface area contributed by atoms with E-state index in [2.05, 4.69) is 6.07 Å². The fraction of sp³-hybridized carbons (Fsp3) is 0. The van der Waals surface area contributed by atoms with Gasteiger partial charge in [0.1, 0.15) is 0 Å². The summed E-state index contributed by atoms with van der Waals surface area (Å²) in [5.41, 5.74) is 6.41. The first-order chi connectivity index (χ1) is 5.36. The first-order valence-corrected chi connectivity index (χ1v) is 3.52. The maximum atomic E-state index is 5.61. The average molecular weight is 142 g/mol. The number of fused-ring (bicyclic) bond motifs is 1. The predicted molar refractivity (Wildman–Crippen MR) is 47.2 cm³/mol.